The van der Waals surface area contributed by atoms with Crippen molar-refractivity contribution in [2.75, 3.05) is 13.1 Å². The van der Waals surface area contributed by atoms with Gasteiger partial charge in [0.1, 0.15) is 0 Å². The van der Waals surface area contributed by atoms with Crippen LogP contribution in [0.2, 0.25) is 0 Å². The first-order chi connectivity index (χ1) is 16.9. The summed E-state index contributed by atoms with van der Waals surface area (Å²) in [5.41, 5.74) is 6.74. The topological polar surface area (TPSA) is 81.4 Å². The number of hydrogen-bond donors (Lipinski definition) is 4. The molecular weight excluding hydrogens is 420 g/mol. The van der Waals surface area contributed by atoms with E-state index in [-0.39, 0.29) is 0 Å². The second-order valence-electron chi connectivity index (χ2n) is 8.76. The van der Waals surface area contributed by atoms with Crippen LogP contribution in [0.15, 0.2) is 73.1 Å². The predicted molar refractivity (Wildman–Crippen MR) is 140 cm³/mol. The van der Waals surface area contributed by atoms with Crippen LogP contribution in [0.5, 0.6) is 0 Å². The summed E-state index contributed by atoms with van der Waals surface area (Å²) in [6.07, 6.45) is 6.04. The van der Waals surface area contributed by atoms with E-state index in [2.05, 4.69) is 91.2 Å². The summed E-state index contributed by atoms with van der Waals surface area (Å²) in [4.78, 5) is 16.3. The van der Waals surface area contributed by atoms with Gasteiger partial charge in [-0.05, 0) is 50.2 Å². The molecule has 0 amide bonds. The van der Waals surface area contributed by atoms with E-state index in [1.165, 1.54) is 21.5 Å². The molecule has 0 aliphatic rings. The minimum Gasteiger partial charge on any atom is -0.353 e. The largest absolute Gasteiger partial charge is 0.353 e. The van der Waals surface area contributed by atoms with Crippen molar-refractivity contribution < 1.29 is 0 Å². The third-order valence-electron chi connectivity index (χ3n) is 6.55. The van der Waals surface area contributed by atoms with Crippen LogP contribution in [-0.2, 0) is 13.1 Å². The van der Waals surface area contributed by atoms with Crippen LogP contribution < -0.4 is 10.6 Å². The summed E-state index contributed by atoms with van der Waals surface area (Å²) in [6.45, 7) is 3.47. The van der Waals surface area contributed by atoms with Gasteiger partial charge in [-0.2, -0.15) is 0 Å². The average molecular weight is 449 g/mol. The first-order valence-electron chi connectivity index (χ1n) is 12.0. The average Bonchev–Trinajstić information content (AvgIpc) is 3.45. The van der Waals surface area contributed by atoms with Crippen molar-refractivity contribution in [2.45, 2.75) is 25.9 Å². The van der Waals surface area contributed by atoms with E-state index in [1.54, 1.807) is 0 Å². The second kappa shape index (κ2) is 9.25. The maximum atomic E-state index is 4.61. The van der Waals surface area contributed by atoms with Crippen molar-refractivity contribution in [1.29, 1.82) is 0 Å². The number of nitrogens with one attached hydrogen (secondary N) is 4. The molecule has 0 spiro atoms. The highest BCUT2D eigenvalue weighted by molar-refractivity contribution is 6.08. The number of hydrogen-bond acceptors (Lipinski definition) is 4. The Kier molecular flexibility index (Phi) is 5.67. The van der Waals surface area contributed by atoms with Crippen LogP contribution >= 0.6 is 0 Å². The van der Waals surface area contributed by atoms with E-state index in [4.69, 9.17) is 0 Å². The van der Waals surface area contributed by atoms with E-state index in [0.717, 1.165) is 72.5 Å². The molecule has 6 rings (SSSR count). The van der Waals surface area contributed by atoms with Crippen LogP contribution in [0.3, 0.4) is 0 Å². The van der Waals surface area contributed by atoms with Crippen molar-refractivity contribution in [3.05, 3.63) is 84.4 Å². The Balaban J connectivity index is 0.986. The molecule has 0 aliphatic carbocycles. The fourth-order valence-electron chi connectivity index (χ4n) is 4.84. The molecule has 0 fully saturated rings. The number of rotatable bonds is 9. The number of aromatic nitrogens is 4. The maximum absolute atomic E-state index is 4.61. The van der Waals surface area contributed by atoms with Crippen LogP contribution in [0, 0.1) is 0 Å². The van der Waals surface area contributed by atoms with E-state index < -0.39 is 0 Å². The Hall–Kier alpha value is -3.74. The fraction of sp³-hybridized carbons (Fsp3) is 0.214. The standard InChI is InChI=1S/C28H28N6/c1-3-9-23-19(7-1)21-11-15-31-25(27(21)33-23)17-29-13-5-6-14-30-18-26-28-22(12-16-32-26)20-8-2-4-10-24(20)34-28/h1-4,7-12,15-16,29-30,33-34H,5-6,13-14,17-18H2. The second-order valence-corrected chi connectivity index (χ2v) is 8.76. The van der Waals surface area contributed by atoms with Crippen LogP contribution in [0.4, 0.5) is 0 Å². The van der Waals surface area contributed by atoms with Crippen molar-refractivity contribution in [1.82, 2.24) is 30.6 Å². The molecule has 6 heteroatoms. The molecule has 0 aliphatic heterocycles. The molecule has 6 nitrogen and oxygen atoms in total. The number of fused-ring (bicyclic) bond motifs is 6. The molecule has 0 atom stereocenters. The van der Waals surface area contributed by atoms with Crippen LogP contribution in [0.1, 0.15) is 24.2 Å². The van der Waals surface area contributed by atoms with Crippen molar-refractivity contribution >= 4 is 43.6 Å². The van der Waals surface area contributed by atoms with Gasteiger partial charge in [-0.25, -0.2) is 0 Å². The molecule has 0 saturated carbocycles. The fourth-order valence-corrected chi connectivity index (χ4v) is 4.84. The zero-order valence-corrected chi connectivity index (χ0v) is 19.1. The molecule has 170 valence electrons. The molecule has 34 heavy (non-hydrogen) atoms. The summed E-state index contributed by atoms with van der Waals surface area (Å²) >= 11 is 0. The normalized spacial score (nSPS) is 11.9. The Morgan fingerprint density at radius 1 is 0.559 bits per heavy atom. The minimum atomic E-state index is 0.768. The van der Waals surface area contributed by atoms with Gasteiger partial charge in [0, 0.05) is 58.1 Å². The van der Waals surface area contributed by atoms with Gasteiger partial charge >= 0.3 is 0 Å². The first kappa shape index (κ1) is 20.8. The number of para-hydroxylation sites is 2. The molecule has 0 bridgehead atoms. The summed E-state index contributed by atoms with van der Waals surface area (Å²) in [7, 11) is 0. The number of benzene rings is 2. The number of pyridine rings is 2. The molecule has 0 unspecified atom stereocenters. The lowest BCUT2D eigenvalue weighted by Crippen LogP contribution is -2.19. The first-order valence-corrected chi connectivity index (χ1v) is 12.0. The molecule has 4 heterocycles. The predicted octanol–water partition coefficient (Wildman–Crippen LogP) is 5.41. The summed E-state index contributed by atoms with van der Waals surface area (Å²) in [5, 5.41) is 12.1. The molecule has 4 N–H and O–H groups in total. The van der Waals surface area contributed by atoms with Crippen molar-refractivity contribution in [3.8, 4) is 0 Å². The smallest absolute Gasteiger partial charge is 0.0782 e. The number of unbranched alkanes of at least 4 members (excludes halogenated alkanes) is 1. The zero-order valence-electron chi connectivity index (χ0n) is 19.1. The molecular formula is C28H28N6. The zero-order chi connectivity index (χ0) is 22.7. The lowest BCUT2D eigenvalue weighted by Gasteiger charge is -2.07. The van der Waals surface area contributed by atoms with Gasteiger partial charge in [0.25, 0.3) is 0 Å². The van der Waals surface area contributed by atoms with Gasteiger partial charge < -0.3 is 20.6 Å². The van der Waals surface area contributed by atoms with Gasteiger partial charge in [-0.1, -0.05) is 36.4 Å². The minimum absolute atomic E-state index is 0.768. The van der Waals surface area contributed by atoms with Gasteiger partial charge in [0.2, 0.25) is 0 Å². The highest BCUT2D eigenvalue weighted by Gasteiger charge is 2.09. The van der Waals surface area contributed by atoms with Gasteiger partial charge in [-0.15, -0.1) is 0 Å². The van der Waals surface area contributed by atoms with Crippen molar-refractivity contribution in [2.24, 2.45) is 0 Å². The Morgan fingerprint density at radius 3 is 1.53 bits per heavy atom. The third kappa shape index (κ3) is 3.91. The molecule has 4 aromatic heterocycles. The highest BCUT2D eigenvalue weighted by Crippen LogP contribution is 2.27. The van der Waals surface area contributed by atoms with E-state index in [9.17, 15) is 0 Å². The van der Waals surface area contributed by atoms with E-state index >= 15 is 0 Å². The SMILES string of the molecule is c1ccc2c(c1)[nH]c1c(CNCCCCNCc3nccc4c3[nH]c3ccccc34)nccc12. The molecule has 6 aromatic rings. The van der Waals surface area contributed by atoms with Crippen LogP contribution in [0.25, 0.3) is 43.6 Å². The Bertz CT molecular complexity index is 1460. The summed E-state index contributed by atoms with van der Waals surface area (Å²) < 4.78 is 0. The molecule has 2 aromatic carbocycles. The lowest BCUT2D eigenvalue weighted by molar-refractivity contribution is 0.578. The number of H-pyrrole nitrogens is 2. The Labute approximate surface area is 197 Å². The Morgan fingerprint density at radius 2 is 1.03 bits per heavy atom. The molecule has 0 saturated heterocycles. The van der Waals surface area contributed by atoms with Gasteiger partial charge in [0.15, 0.2) is 0 Å². The quantitative estimate of drug-likeness (QED) is 0.223. The van der Waals surface area contributed by atoms with E-state index in [0.29, 0.717) is 0 Å². The lowest BCUT2D eigenvalue weighted by atomic mass is 10.1. The summed E-state index contributed by atoms with van der Waals surface area (Å²) in [5.74, 6) is 0. The van der Waals surface area contributed by atoms with Crippen molar-refractivity contribution in [3.63, 3.8) is 0 Å². The molecule has 0 radical (unpaired) electrons. The number of aromatic amines is 2. The van der Waals surface area contributed by atoms with Gasteiger partial charge in [-0.3, -0.25) is 9.97 Å². The maximum Gasteiger partial charge on any atom is 0.0782 e. The third-order valence-corrected chi connectivity index (χ3v) is 6.55. The highest BCUT2D eigenvalue weighted by atomic mass is 14.9. The number of nitrogens with zero attached hydrogens (tertiary/aromatic N) is 2. The summed E-state index contributed by atoms with van der Waals surface area (Å²) in [6, 6.07) is 21.0. The van der Waals surface area contributed by atoms with Crippen LogP contribution in [-0.4, -0.2) is 33.0 Å². The monoisotopic (exact) mass is 448 g/mol. The van der Waals surface area contributed by atoms with Gasteiger partial charge in [0.05, 0.1) is 22.4 Å². The van der Waals surface area contributed by atoms with E-state index in [1.807, 2.05) is 12.4 Å².